The summed E-state index contributed by atoms with van der Waals surface area (Å²) in [5.74, 6) is 1.59. The molecule has 1 saturated heterocycles. The molecule has 1 aromatic carbocycles. The van der Waals surface area contributed by atoms with Crippen LogP contribution in [0, 0.1) is 6.92 Å². The van der Waals surface area contributed by atoms with Gasteiger partial charge in [0.2, 0.25) is 0 Å². The van der Waals surface area contributed by atoms with Crippen LogP contribution in [0.5, 0.6) is 0 Å². The Bertz CT molecular complexity index is 1250. The lowest BCUT2D eigenvalue weighted by molar-refractivity contribution is -0.0289. The molecule has 10 heteroatoms. The molecule has 0 saturated carbocycles. The van der Waals surface area contributed by atoms with Gasteiger partial charge < -0.3 is 25.3 Å². The summed E-state index contributed by atoms with van der Waals surface area (Å²) in [6.07, 6.45) is -0.573. The van der Waals surface area contributed by atoms with Crippen molar-refractivity contribution in [3.8, 4) is 0 Å². The number of rotatable bonds is 5. The first kappa shape index (κ1) is 20.3. The van der Waals surface area contributed by atoms with E-state index >= 15 is 0 Å². The normalized spacial score (nSPS) is 23.9. The number of aliphatic hydroxyl groups excluding tert-OH is 2. The van der Waals surface area contributed by atoms with Gasteiger partial charge in [0.05, 0.1) is 12.4 Å². The second-order valence-electron chi connectivity index (χ2n) is 7.78. The van der Waals surface area contributed by atoms with Crippen LogP contribution < -0.4 is 5.73 Å². The number of aromatic nitrogens is 5. The second-order valence-corrected chi connectivity index (χ2v) is 8.81. The van der Waals surface area contributed by atoms with Gasteiger partial charge in [0.25, 0.3) is 0 Å². The van der Waals surface area contributed by atoms with E-state index in [-0.39, 0.29) is 5.82 Å². The summed E-state index contributed by atoms with van der Waals surface area (Å²) in [5, 5.41) is 22.5. The number of anilines is 1. The number of fused-ring (bicyclic) bond motifs is 2. The first-order valence-electron chi connectivity index (χ1n) is 10.0. The van der Waals surface area contributed by atoms with Crippen molar-refractivity contribution in [3.05, 3.63) is 48.2 Å². The van der Waals surface area contributed by atoms with Gasteiger partial charge in [0.15, 0.2) is 17.7 Å². The number of hydrogen-bond acceptors (Lipinski definition) is 8. The molecule has 4 heterocycles. The van der Waals surface area contributed by atoms with Crippen molar-refractivity contribution in [2.45, 2.75) is 37.2 Å². The molecular weight excluding hydrogens is 416 g/mol. The van der Waals surface area contributed by atoms with E-state index in [1.165, 1.54) is 34.8 Å². The van der Waals surface area contributed by atoms with E-state index in [1.54, 1.807) is 16.3 Å². The molecule has 162 valence electrons. The molecule has 0 spiro atoms. The molecule has 4 atom stereocenters. The zero-order valence-corrected chi connectivity index (χ0v) is 18.0. The fourth-order valence-corrected chi connectivity index (χ4v) is 5.41. The maximum absolute atomic E-state index is 10.6. The van der Waals surface area contributed by atoms with E-state index in [4.69, 9.17) is 10.5 Å². The van der Waals surface area contributed by atoms with Gasteiger partial charge in [0.1, 0.15) is 24.1 Å². The fraction of sp³-hybridized carbons (Fsp3) is 0.381. The van der Waals surface area contributed by atoms with E-state index in [9.17, 15) is 10.2 Å². The highest BCUT2D eigenvalue weighted by Crippen LogP contribution is 2.35. The van der Waals surface area contributed by atoms with Gasteiger partial charge >= 0.3 is 0 Å². The molecule has 31 heavy (non-hydrogen) atoms. The second kappa shape index (κ2) is 7.79. The maximum atomic E-state index is 10.6. The third-order valence-electron chi connectivity index (χ3n) is 6.06. The van der Waals surface area contributed by atoms with Gasteiger partial charge in [0, 0.05) is 35.2 Å². The number of nitrogens with zero attached hydrogens (tertiary/aromatic N) is 5. The summed E-state index contributed by atoms with van der Waals surface area (Å²) in [6.45, 7) is 2.12. The summed E-state index contributed by atoms with van der Waals surface area (Å²) < 4.78 is 9.83. The summed E-state index contributed by atoms with van der Waals surface area (Å²) >= 11 is 1.68. The summed E-state index contributed by atoms with van der Waals surface area (Å²) in [6, 6.07) is 8.34. The van der Waals surface area contributed by atoms with E-state index in [0.29, 0.717) is 16.9 Å². The highest BCUT2D eigenvalue weighted by molar-refractivity contribution is 7.98. The van der Waals surface area contributed by atoms with Crippen LogP contribution >= 0.6 is 11.8 Å². The number of thioether (sulfide) groups is 1. The van der Waals surface area contributed by atoms with Crippen molar-refractivity contribution in [2.24, 2.45) is 7.05 Å². The Balaban J connectivity index is 1.31. The monoisotopic (exact) mass is 440 g/mol. The topological polar surface area (TPSA) is 124 Å². The Hall–Kier alpha value is -2.66. The average Bonchev–Trinajstić information content (AvgIpc) is 3.40. The van der Waals surface area contributed by atoms with Gasteiger partial charge in [-0.2, -0.15) is 11.8 Å². The van der Waals surface area contributed by atoms with Gasteiger partial charge in [-0.1, -0.05) is 18.2 Å². The molecule has 1 aliphatic heterocycles. The molecule has 0 radical (unpaired) electrons. The summed E-state index contributed by atoms with van der Waals surface area (Å²) in [5.41, 5.74) is 10.5. The molecule has 0 bridgehead atoms. The minimum Gasteiger partial charge on any atom is -0.387 e. The zero-order chi connectivity index (χ0) is 21.7. The van der Waals surface area contributed by atoms with Crippen molar-refractivity contribution in [3.63, 3.8) is 0 Å². The molecule has 1 fully saturated rings. The molecular formula is C21H24N6O3S. The predicted octanol–water partition coefficient (Wildman–Crippen LogP) is 1.76. The molecule has 4 aromatic rings. The van der Waals surface area contributed by atoms with E-state index in [2.05, 4.69) is 45.6 Å². The lowest BCUT2D eigenvalue weighted by Gasteiger charge is -2.16. The van der Waals surface area contributed by atoms with Gasteiger partial charge in [-0.3, -0.25) is 4.57 Å². The Labute approximate surface area is 182 Å². The Kier molecular flexibility index (Phi) is 5.09. The van der Waals surface area contributed by atoms with Crippen molar-refractivity contribution < 1.29 is 14.9 Å². The number of aryl methyl sites for hydroxylation is 1. The molecule has 5 rings (SSSR count). The number of benzene rings is 1. The average molecular weight is 441 g/mol. The molecule has 0 aliphatic carbocycles. The summed E-state index contributed by atoms with van der Waals surface area (Å²) in [4.78, 5) is 12.4. The van der Waals surface area contributed by atoms with Crippen molar-refractivity contribution in [2.75, 3.05) is 11.5 Å². The highest BCUT2D eigenvalue weighted by Gasteiger charge is 2.44. The SMILES string of the molecule is Cc1c(CSC[C@H]2O[C@@H](n3cnc4c(N)ncnc43)[C@H](O)[C@@H]2O)c2ccccc2n1C. The third-order valence-corrected chi connectivity index (χ3v) is 7.11. The first-order chi connectivity index (χ1) is 15.0. The van der Waals surface area contributed by atoms with Crippen LogP contribution in [-0.2, 0) is 17.5 Å². The third kappa shape index (κ3) is 3.26. The van der Waals surface area contributed by atoms with Crippen molar-refractivity contribution >= 4 is 39.6 Å². The number of ether oxygens (including phenoxy) is 1. The van der Waals surface area contributed by atoms with Crippen LogP contribution in [-0.4, -0.2) is 58.4 Å². The van der Waals surface area contributed by atoms with Crippen LogP contribution in [0.2, 0.25) is 0 Å². The quantitative estimate of drug-likeness (QED) is 0.429. The van der Waals surface area contributed by atoms with E-state index in [0.717, 1.165) is 5.75 Å². The molecule has 3 aromatic heterocycles. The number of imidazole rings is 1. The molecule has 4 N–H and O–H groups in total. The number of nitrogens with two attached hydrogens (primary N) is 1. The summed E-state index contributed by atoms with van der Waals surface area (Å²) in [7, 11) is 2.07. The van der Waals surface area contributed by atoms with Crippen LogP contribution in [0.3, 0.4) is 0 Å². The first-order valence-corrected chi connectivity index (χ1v) is 11.2. The number of aliphatic hydroxyl groups is 2. The largest absolute Gasteiger partial charge is 0.387 e. The van der Waals surface area contributed by atoms with E-state index in [1.807, 2.05) is 12.1 Å². The molecule has 0 unspecified atom stereocenters. The Morgan fingerprint density at radius 1 is 1.16 bits per heavy atom. The van der Waals surface area contributed by atoms with Gasteiger partial charge in [-0.05, 0) is 18.6 Å². The molecule has 1 aliphatic rings. The predicted molar refractivity (Wildman–Crippen MR) is 119 cm³/mol. The number of para-hydroxylation sites is 1. The van der Waals surface area contributed by atoms with Crippen LogP contribution in [0.4, 0.5) is 5.82 Å². The van der Waals surface area contributed by atoms with E-state index < -0.39 is 24.5 Å². The minimum atomic E-state index is -1.10. The van der Waals surface area contributed by atoms with Gasteiger partial charge in [-0.15, -0.1) is 0 Å². The lowest BCUT2D eigenvalue weighted by Crippen LogP contribution is -2.32. The smallest absolute Gasteiger partial charge is 0.167 e. The minimum absolute atomic E-state index is 0.259. The lowest BCUT2D eigenvalue weighted by atomic mass is 10.1. The number of nitrogen functional groups attached to an aromatic ring is 1. The van der Waals surface area contributed by atoms with Crippen LogP contribution in [0.1, 0.15) is 17.5 Å². The van der Waals surface area contributed by atoms with Crippen molar-refractivity contribution in [1.82, 2.24) is 24.1 Å². The molecule has 9 nitrogen and oxygen atoms in total. The number of hydrogen-bond donors (Lipinski definition) is 3. The highest BCUT2D eigenvalue weighted by atomic mass is 32.2. The van der Waals surface area contributed by atoms with Crippen LogP contribution in [0.25, 0.3) is 22.1 Å². The zero-order valence-electron chi connectivity index (χ0n) is 17.2. The van der Waals surface area contributed by atoms with Crippen molar-refractivity contribution in [1.29, 1.82) is 0 Å². The fourth-order valence-electron chi connectivity index (χ4n) is 4.21. The standard InChI is InChI=1S/C21H24N6O3S/c1-11-13(12-5-3-4-6-14(12)26(11)2)7-31-8-15-17(28)18(29)21(30-15)27-10-25-16-19(22)23-9-24-20(16)27/h3-6,9-10,15,17-18,21,28-29H,7-8H2,1-2H3,(H2,22,23,24)/t15-,17-,18-,21-/m1/s1. The maximum Gasteiger partial charge on any atom is 0.167 e. The Morgan fingerprint density at radius 3 is 2.81 bits per heavy atom. The van der Waals surface area contributed by atoms with Crippen LogP contribution in [0.15, 0.2) is 36.9 Å². The Morgan fingerprint density at radius 2 is 1.97 bits per heavy atom. The molecule has 0 amide bonds. The van der Waals surface area contributed by atoms with Gasteiger partial charge in [-0.25, -0.2) is 15.0 Å².